The number of anilines is 2. The maximum absolute atomic E-state index is 13.5. The molecular formula is C47H38F2N6O6S4. The van der Waals surface area contributed by atoms with Gasteiger partial charge in [-0.3, -0.25) is 14.3 Å². The summed E-state index contributed by atoms with van der Waals surface area (Å²) in [5, 5.41) is 11.3. The number of carbonyl (C=O) groups is 2. The third-order valence-electron chi connectivity index (χ3n) is 9.52. The van der Waals surface area contributed by atoms with E-state index in [1.54, 1.807) is 42.5 Å². The molecule has 0 aliphatic heterocycles. The van der Waals surface area contributed by atoms with Crippen molar-refractivity contribution in [1.29, 1.82) is 0 Å². The number of sulfonamides is 2. The van der Waals surface area contributed by atoms with Gasteiger partial charge in [0.15, 0.2) is 10.0 Å². The average Bonchev–Trinajstić information content (AvgIpc) is 3.95. The van der Waals surface area contributed by atoms with Crippen LogP contribution in [0.1, 0.15) is 37.7 Å². The van der Waals surface area contributed by atoms with Crippen LogP contribution in [0.15, 0.2) is 168 Å². The first-order chi connectivity index (χ1) is 31.2. The van der Waals surface area contributed by atoms with Gasteiger partial charge < -0.3 is 10.6 Å². The molecule has 0 aliphatic carbocycles. The van der Waals surface area contributed by atoms with Gasteiger partial charge in [-0.2, -0.15) is 0 Å². The van der Waals surface area contributed by atoms with Gasteiger partial charge in [0.05, 0.1) is 20.4 Å². The Hall–Kier alpha value is -6.96. The van der Waals surface area contributed by atoms with E-state index in [0.717, 1.165) is 40.2 Å². The molecule has 2 heterocycles. The highest BCUT2D eigenvalue weighted by atomic mass is 32.2. The lowest BCUT2D eigenvalue weighted by Crippen LogP contribution is -2.22. The summed E-state index contributed by atoms with van der Waals surface area (Å²) < 4.78 is 78.2. The molecule has 8 rings (SSSR count). The zero-order valence-electron chi connectivity index (χ0n) is 34.2. The molecule has 0 bridgehead atoms. The van der Waals surface area contributed by atoms with E-state index in [1.165, 1.54) is 60.7 Å². The smallest absolute Gasteiger partial charge is 0.284 e. The minimum absolute atomic E-state index is 0.0207. The van der Waals surface area contributed by atoms with Crippen LogP contribution in [0.25, 0.3) is 33.0 Å². The summed E-state index contributed by atoms with van der Waals surface area (Å²) >= 11 is 2.08. The van der Waals surface area contributed by atoms with Gasteiger partial charge in [0, 0.05) is 23.4 Å². The average molecular weight is 949 g/mol. The van der Waals surface area contributed by atoms with Crippen molar-refractivity contribution in [1.82, 2.24) is 15.3 Å². The first-order valence-electron chi connectivity index (χ1n) is 19.6. The molecule has 0 spiro atoms. The van der Waals surface area contributed by atoms with Crippen molar-refractivity contribution in [2.45, 2.75) is 29.7 Å². The summed E-state index contributed by atoms with van der Waals surface area (Å²) in [6, 6.07) is 42.1. The van der Waals surface area contributed by atoms with Crippen LogP contribution in [-0.2, 0) is 33.0 Å². The largest absolute Gasteiger partial charge is 0.346 e. The van der Waals surface area contributed by atoms with Gasteiger partial charge in [0.25, 0.3) is 21.8 Å². The quantitative estimate of drug-likeness (QED) is 0.0878. The lowest BCUT2D eigenvalue weighted by atomic mass is 10.1. The molecule has 5 N–H and O–H groups in total. The number of nitrogens with one attached hydrogen (secondary N) is 3. The highest BCUT2D eigenvalue weighted by Gasteiger charge is 2.24. The number of carbonyl (C=O) groups excluding carboxylic acids is 2. The van der Waals surface area contributed by atoms with E-state index < -0.39 is 31.8 Å². The topological polar surface area (TPSA) is 190 Å². The van der Waals surface area contributed by atoms with Crippen molar-refractivity contribution >= 4 is 65.2 Å². The Morgan fingerprint density at radius 2 is 1.11 bits per heavy atom. The number of hydrogen-bond acceptors (Lipinski definition) is 10. The van der Waals surface area contributed by atoms with Crippen molar-refractivity contribution in [2.24, 2.45) is 5.14 Å². The summed E-state index contributed by atoms with van der Waals surface area (Å²) in [4.78, 5) is 35.2. The molecule has 0 aliphatic rings. The number of hydrogen-bond donors (Lipinski definition) is 4. The van der Waals surface area contributed by atoms with E-state index >= 15 is 0 Å². The Labute approximate surface area is 382 Å². The first kappa shape index (κ1) is 46.0. The fourth-order valence-electron chi connectivity index (χ4n) is 6.14. The van der Waals surface area contributed by atoms with Crippen LogP contribution in [0.3, 0.4) is 0 Å². The van der Waals surface area contributed by atoms with Crippen LogP contribution >= 0.6 is 22.7 Å². The van der Waals surface area contributed by atoms with Gasteiger partial charge in [-0.25, -0.2) is 40.7 Å². The van der Waals surface area contributed by atoms with E-state index in [0.29, 0.717) is 39.5 Å². The predicted molar refractivity (Wildman–Crippen MR) is 250 cm³/mol. The number of aryl methyl sites for hydroxylation is 1. The maximum atomic E-state index is 13.5. The second-order valence-electron chi connectivity index (χ2n) is 14.1. The molecule has 0 saturated carbocycles. The van der Waals surface area contributed by atoms with Gasteiger partial charge in [-0.15, -0.1) is 11.3 Å². The third kappa shape index (κ3) is 11.8. The van der Waals surface area contributed by atoms with E-state index in [-0.39, 0.29) is 42.2 Å². The molecule has 12 nitrogen and oxygen atoms in total. The molecule has 18 heteroatoms. The van der Waals surface area contributed by atoms with E-state index in [2.05, 4.69) is 32.2 Å². The standard InChI is InChI=1S/C24H20FN3O3S2.C23H18FN3O3S2/c1-2-15-3-11-19(12-4-15)27-23(29)24-28-21(16-5-9-18(25)10-6-16)22(32-24)17-7-13-20(14-8-17)33(26,30)31;24-18-13-11-17(12-14-18)20-22(27-32(29,30)19-9-5-2-6-10-19)31-23(26-20)21(28)25-15-16-7-3-1-4-8-16/h3-14H,2H2,1H3,(H,27,29)(H2,26,30,31);1-14,27H,15H2,(H,25,28). The molecule has 8 aromatic rings. The van der Waals surface area contributed by atoms with Gasteiger partial charge in [-0.05, 0) is 108 Å². The molecule has 0 unspecified atom stereocenters. The third-order valence-corrected chi connectivity index (χ3v) is 14.0. The van der Waals surface area contributed by atoms with Crippen molar-refractivity contribution in [3.05, 3.63) is 191 Å². The minimum Gasteiger partial charge on any atom is -0.346 e. The van der Waals surface area contributed by atoms with Crippen LogP contribution in [0, 0.1) is 11.6 Å². The normalized spacial score (nSPS) is 11.3. The summed E-state index contributed by atoms with van der Waals surface area (Å²) in [5.41, 5.74) is 5.24. The Morgan fingerprint density at radius 1 is 0.585 bits per heavy atom. The van der Waals surface area contributed by atoms with Crippen molar-refractivity contribution in [2.75, 3.05) is 10.0 Å². The van der Waals surface area contributed by atoms with Gasteiger partial charge in [-0.1, -0.05) is 91.1 Å². The molecule has 6 aromatic carbocycles. The molecule has 2 amide bonds. The molecule has 65 heavy (non-hydrogen) atoms. The first-order valence-corrected chi connectivity index (χ1v) is 24.3. The molecule has 0 radical (unpaired) electrons. The van der Waals surface area contributed by atoms with Crippen LogP contribution in [0.2, 0.25) is 0 Å². The number of halogens is 2. The molecule has 330 valence electrons. The lowest BCUT2D eigenvalue weighted by molar-refractivity contribution is 0.0949. The molecule has 0 saturated heterocycles. The van der Waals surface area contributed by atoms with Crippen molar-refractivity contribution in [3.63, 3.8) is 0 Å². The SMILES string of the molecule is CCc1ccc(NC(=O)c2nc(-c3ccc(F)cc3)c(-c3ccc(S(N)(=O)=O)cc3)s2)cc1.O=C(NCc1ccccc1)c1nc(-c2ccc(F)cc2)c(NS(=O)(=O)c2ccccc2)s1. The van der Waals surface area contributed by atoms with Crippen molar-refractivity contribution in [3.8, 4) is 33.0 Å². The van der Waals surface area contributed by atoms with Gasteiger partial charge >= 0.3 is 0 Å². The van der Waals surface area contributed by atoms with Crippen LogP contribution < -0.4 is 20.5 Å². The zero-order valence-corrected chi connectivity index (χ0v) is 37.5. The number of rotatable bonds is 13. The summed E-state index contributed by atoms with van der Waals surface area (Å²) in [7, 11) is -7.74. The number of thiazole rings is 2. The monoisotopic (exact) mass is 948 g/mol. The maximum Gasteiger partial charge on any atom is 0.284 e. The number of primary sulfonamides is 1. The number of nitrogens with zero attached hydrogens (tertiary/aromatic N) is 2. The summed E-state index contributed by atoms with van der Waals surface area (Å²) in [6.07, 6.45) is 0.898. The highest BCUT2D eigenvalue weighted by Crippen LogP contribution is 2.38. The number of amides is 2. The Bertz CT molecular complexity index is 3150. The van der Waals surface area contributed by atoms with Gasteiger partial charge in [0.1, 0.15) is 22.3 Å². The predicted octanol–water partition coefficient (Wildman–Crippen LogP) is 9.76. The van der Waals surface area contributed by atoms with Crippen LogP contribution in [0.5, 0.6) is 0 Å². The molecule has 0 atom stereocenters. The minimum atomic E-state index is -3.90. The van der Waals surface area contributed by atoms with Crippen LogP contribution in [0.4, 0.5) is 19.5 Å². The highest BCUT2D eigenvalue weighted by molar-refractivity contribution is 7.93. The molecule has 2 aromatic heterocycles. The zero-order chi connectivity index (χ0) is 46.1. The van der Waals surface area contributed by atoms with Crippen LogP contribution in [-0.4, -0.2) is 38.6 Å². The van der Waals surface area contributed by atoms with Crippen molar-refractivity contribution < 1.29 is 35.2 Å². The summed E-state index contributed by atoms with van der Waals surface area (Å²) in [6.45, 7) is 2.35. The lowest BCUT2D eigenvalue weighted by Gasteiger charge is -2.07. The Balaban J connectivity index is 0.000000194. The van der Waals surface area contributed by atoms with E-state index in [4.69, 9.17) is 5.14 Å². The Kier molecular flexibility index (Phi) is 14.3. The molecular weight excluding hydrogens is 911 g/mol. The van der Waals surface area contributed by atoms with Gasteiger partial charge in [0.2, 0.25) is 10.0 Å². The Morgan fingerprint density at radius 3 is 1.68 bits per heavy atom. The fourth-order valence-corrected chi connectivity index (χ4v) is 9.87. The number of nitrogens with two attached hydrogens (primary N) is 1. The van der Waals surface area contributed by atoms with E-state index in [1.807, 2.05) is 54.6 Å². The number of aromatic nitrogens is 2. The second kappa shape index (κ2) is 20.3. The van der Waals surface area contributed by atoms with E-state index in [9.17, 15) is 35.2 Å². The second-order valence-corrected chi connectivity index (χ2v) is 19.3. The molecule has 0 fully saturated rings. The number of benzene rings is 6. The summed E-state index contributed by atoms with van der Waals surface area (Å²) in [5.74, 6) is -1.63. The fraction of sp³-hybridized carbons (Fsp3) is 0.0638.